The first kappa shape index (κ1) is 13.5. The maximum Gasteiger partial charge on any atom is 0.356 e. The van der Waals surface area contributed by atoms with Crippen LogP contribution in [-0.2, 0) is 4.74 Å². The highest BCUT2D eigenvalue weighted by Crippen LogP contribution is 2.30. The monoisotopic (exact) mass is 325 g/mol. The number of methoxy groups -OCH3 is 1. The normalized spacial score (nSPS) is 10.1. The van der Waals surface area contributed by atoms with Gasteiger partial charge in [0.15, 0.2) is 5.69 Å². The second kappa shape index (κ2) is 5.79. The van der Waals surface area contributed by atoms with Gasteiger partial charge in [-0.3, -0.25) is 0 Å². The van der Waals surface area contributed by atoms with E-state index in [1.807, 2.05) is 0 Å². The lowest BCUT2D eigenvalue weighted by atomic mass is 10.3. The predicted molar refractivity (Wildman–Crippen MR) is 69.8 cm³/mol. The fraction of sp³-hybridized carbons (Fsp3) is 0.0769. The standard InChI is InChI=1S/C13H9BrFNO3/c1-18-13(17)11-7-9(4-5-16-11)19-12-6-8(15)2-3-10(12)14/h2-7H,1H3. The van der Waals surface area contributed by atoms with E-state index >= 15 is 0 Å². The highest BCUT2D eigenvalue weighted by Gasteiger charge is 2.10. The Bertz CT molecular complexity index is 619. The quantitative estimate of drug-likeness (QED) is 0.809. The van der Waals surface area contributed by atoms with Crippen LogP contribution in [0.25, 0.3) is 0 Å². The first-order valence-electron chi connectivity index (χ1n) is 5.27. The first-order valence-corrected chi connectivity index (χ1v) is 6.06. The van der Waals surface area contributed by atoms with Gasteiger partial charge >= 0.3 is 5.97 Å². The van der Waals surface area contributed by atoms with E-state index in [1.54, 1.807) is 6.07 Å². The van der Waals surface area contributed by atoms with Crippen molar-refractivity contribution in [3.05, 3.63) is 52.5 Å². The third-order valence-electron chi connectivity index (χ3n) is 2.25. The summed E-state index contributed by atoms with van der Waals surface area (Å²) in [6.07, 6.45) is 1.41. The third-order valence-corrected chi connectivity index (χ3v) is 2.90. The minimum Gasteiger partial charge on any atom is -0.464 e. The second-order valence-corrected chi connectivity index (χ2v) is 4.40. The van der Waals surface area contributed by atoms with Crippen molar-refractivity contribution in [1.82, 2.24) is 4.98 Å². The van der Waals surface area contributed by atoms with Crippen LogP contribution < -0.4 is 4.74 Å². The molecule has 0 aliphatic rings. The fourth-order valence-electron chi connectivity index (χ4n) is 1.37. The zero-order chi connectivity index (χ0) is 13.8. The summed E-state index contributed by atoms with van der Waals surface area (Å²) in [5, 5.41) is 0. The molecular weight excluding hydrogens is 317 g/mol. The number of esters is 1. The number of pyridine rings is 1. The van der Waals surface area contributed by atoms with E-state index in [4.69, 9.17) is 4.74 Å². The summed E-state index contributed by atoms with van der Waals surface area (Å²) in [7, 11) is 1.26. The van der Waals surface area contributed by atoms with Crippen molar-refractivity contribution < 1.29 is 18.7 Å². The Hall–Kier alpha value is -1.95. The van der Waals surface area contributed by atoms with Crippen molar-refractivity contribution in [2.75, 3.05) is 7.11 Å². The van der Waals surface area contributed by atoms with Crippen molar-refractivity contribution >= 4 is 21.9 Å². The number of hydrogen-bond donors (Lipinski definition) is 0. The molecule has 1 aromatic carbocycles. The molecule has 2 aromatic rings. The van der Waals surface area contributed by atoms with Gasteiger partial charge in [0.05, 0.1) is 11.6 Å². The number of aromatic nitrogens is 1. The molecule has 0 aliphatic heterocycles. The van der Waals surface area contributed by atoms with Crippen LogP contribution in [0.5, 0.6) is 11.5 Å². The van der Waals surface area contributed by atoms with E-state index < -0.39 is 11.8 Å². The van der Waals surface area contributed by atoms with Gasteiger partial charge in [0.25, 0.3) is 0 Å². The van der Waals surface area contributed by atoms with Crippen molar-refractivity contribution in [3.63, 3.8) is 0 Å². The number of carbonyl (C=O) groups excluding carboxylic acids is 1. The largest absolute Gasteiger partial charge is 0.464 e. The number of carbonyl (C=O) groups is 1. The van der Waals surface area contributed by atoms with Gasteiger partial charge in [0, 0.05) is 18.3 Å². The number of rotatable bonds is 3. The summed E-state index contributed by atoms with van der Waals surface area (Å²) in [5.74, 6) is -0.312. The molecule has 2 rings (SSSR count). The average Bonchev–Trinajstić information content (AvgIpc) is 2.42. The molecule has 0 atom stereocenters. The SMILES string of the molecule is COC(=O)c1cc(Oc2cc(F)ccc2Br)ccn1. The molecule has 98 valence electrons. The number of nitrogens with zero attached hydrogens (tertiary/aromatic N) is 1. The van der Waals surface area contributed by atoms with E-state index in [0.29, 0.717) is 16.0 Å². The lowest BCUT2D eigenvalue weighted by molar-refractivity contribution is 0.0593. The molecular formula is C13H9BrFNO3. The number of benzene rings is 1. The van der Waals surface area contributed by atoms with Crippen molar-refractivity contribution in [1.29, 1.82) is 0 Å². The number of halogens is 2. The maximum atomic E-state index is 13.1. The molecule has 1 aromatic heterocycles. The molecule has 0 bridgehead atoms. The topological polar surface area (TPSA) is 48.4 Å². The second-order valence-electron chi connectivity index (χ2n) is 3.55. The summed E-state index contributed by atoms with van der Waals surface area (Å²) >= 11 is 3.25. The minimum absolute atomic E-state index is 0.118. The lowest BCUT2D eigenvalue weighted by Crippen LogP contribution is -2.03. The Balaban J connectivity index is 2.28. The van der Waals surface area contributed by atoms with Crippen LogP contribution in [0.3, 0.4) is 0 Å². The number of hydrogen-bond acceptors (Lipinski definition) is 4. The predicted octanol–water partition coefficient (Wildman–Crippen LogP) is 3.56. The van der Waals surface area contributed by atoms with Crippen LogP contribution in [-0.4, -0.2) is 18.1 Å². The summed E-state index contributed by atoms with van der Waals surface area (Å²) in [5.41, 5.74) is 0.118. The van der Waals surface area contributed by atoms with Crippen LogP contribution in [0.4, 0.5) is 4.39 Å². The van der Waals surface area contributed by atoms with Crippen molar-refractivity contribution in [2.24, 2.45) is 0 Å². The Kier molecular flexibility index (Phi) is 4.11. The van der Waals surface area contributed by atoms with Gasteiger partial charge in [-0.05, 0) is 34.1 Å². The molecule has 0 N–H and O–H groups in total. The molecule has 0 amide bonds. The molecule has 4 nitrogen and oxygen atoms in total. The van der Waals surface area contributed by atoms with E-state index in [1.165, 1.54) is 37.6 Å². The Morgan fingerprint density at radius 2 is 2.11 bits per heavy atom. The lowest BCUT2D eigenvalue weighted by Gasteiger charge is -2.08. The number of ether oxygens (including phenoxy) is 2. The Labute approximate surface area is 117 Å². The van der Waals surface area contributed by atoms with Crippen LogP contribution >= 0.6 is 15.9 Å². The Morgan fingerprint density at radius 3 is 2.84 bits per heavy atom. The first-order chi connectivity index (χ1) is 9.10. The minimum atomic E-state index is -0.566. The molecule has 0 radical (unpaired) electrons. The van der Waals surface area contributed by atoms with Gasteiger partial charge in [-0.15, -0.1) is 0 Å². The van der Waals surface area contributed by atoms with Gasteiger partial charge in [-0.25, -0.2) is 14.2 Å². The van der Waals surface area contributed by atoms with E-state index in [-0.39, 0.29) is 5.69 Å². The highest BCUT2D eigenvalue weighted by molar-refractivity contribution is 9.10. The summed E-state index contributed by atoms with van der Waals surface area (Å²) in [4.78, 5) is 15.2. The molecule has 0 spiro atoms. The molecule has 0 unspecified atom stereocenters. The highest BCUT2D eigenvalue weighted by atomic mass is 79.9. The van der Waals surface area contributed by atoms with Gasteiger partial charge in [-0.2, -0.15) is 0 Å². The van der Waals surface area contributed by atoms with Gasteiger partial charge in [-0.1, -0.05) is 0 Å². The van der Waals surface area contributed by atoms with Crippen molar-refractivity contribution in [3.8, 4) is 11.5 Å². The van der Waals surface area contributed by atoms with Crippen LogP contribution in [0, 0.1) is 5.82 Å². The molecule has 1 heterocycles. The van der Waals surface area contributed by atoms with E-state index in [9.17, 15) is 9.18 Å². The summed E-state index contributed by atoms with van der Waals surface area (Å²) < 4.78 is 23.8. The zero-order valence-corrected chi connectivity index (χ0v) is 11.5. The molecule has 0 aliphatic carbocycles. The zero-order valence-electron chi connectivity index (χ0n) is 9.89. The third kappa shape index (κ3) is 3.29. The van der Waals surface area contributed by atoms with E-state index in [2.05, 4.69) is 25.7 Å². The van der Waals surface area contributed by atoms with Gasteiger partial charge < -0.3 is 9.47 Å². The van der Waals surface area contributed by atoms with E-state index in [0.717, 1.165) is 0 Å². The van der Waals surface area contributed by atoms with Crippen LogP contribution in [0.2, 0.25) is 0 Å². The van der Waals surface area contributed by atoms with Crippen molar-refractivity contribution in [2.45, 2.75) is 0 Å². The maximum absolute atomic E-state index is 13.1. The Morgan fingerprint density at radius 1 is 1.32 bits per heavy atom. The molecule has 0 saturated heterocycles. The molecule has 6 heteroatoms. The van der Waals surface area contributed by atoms with Gasteiger partial charge in [0.2, 0.25) is 0 Å². The van der Waals surface area contributed by atoms with Gasteiger partial charge in [0.1, 0.15) is 17.3 Å². The molecule has 19 heavy (non-hydrogen) atoms. The smallest absolute Gasteiger partial charge is 0.356 e. The van der Waals surface area contributed by atoms with Crippen LogP contribution in [0.1, 0.15) is 10.5 Å². The van der Waals surface area contributed by atoms with Crippen LogP contribution in [0.15, 0.2) is 41.0 Å². The molecule has 0 fully saturated rings. The fourth-order valence-corrected chi connectivity index (χ4v) is 1.70. The summed E-state index contributed by atoms with van der Waals surface area (Å²) in [6.45, 7) is 0. The molecule has 0 saturated carbocycles. The average molecular weight is 326 g/mol. The summed E-state index contributed by atoms with van der Waals surface area (Å²) in [6, 6.07) is 7.06.